The third-order valence-corrected chi connectivity index (χ3v) is 6.76. The minimum Gasteiger partial charge on any atom is -1.00 e. The molecule has 0 bridgehead atoms. The summed E-state index contributed by atoms with van der Waals surface area (Å²) in [4.78, 5) is 32.8. The van der Waals surface area contributed by atoms with E-state index in [2.05, 4.69) is 17.1 Å². The van der Waals surface area contributed by atoms with E-state index in [4.69, 9.17) is 9.51 Å². The van der Waals surface area contributed by atoms with Crippen LogP contribution in [0.15, 0.2) is 93.0 Å². The van der Waals surface area contributed by atoms with Gasteiger partial charge in [0, 0.05) is 17.5 Å². The van der Waals surface area contributed by atoms with Gasteiger partial charge in [-0.05, 0) is 42.0 Å². The van der Waals surface area contributed by atoms with E-state index in [1.165, 1.54) is 0 Å². The van der Waals surface area contributed by atoms with E-state index in [9.17, 15) is 9.59 Å². The van der Waals surface area contributed by atoms with E-state index >= 15 is 0 Å². The summed E-state index contributed by atoms with van der Waals surface area (Å²) in [7, 11) is 0. The molecule has 2 heterocycles. The molecule has 39 heavy (non-hydrogen) atoms. The summed E-state index contributed by atoms with van der Waals surface area (Å²) in [6, 6.07) is 25.9. The Morgan fingerprint density at radius 3 is 2.26 bits per heavy atom. The van der Waals surface area contributed by atoms with Crippen LogP contribution < -0.4 is 62.7 Å². The first-order valence-corrected chi connectivity index (χ1v) is 12.9. The van der Waals surface area contributed by atoms with Crippen molar-refractivity contribution in [1.82, 2.24) is 19.7 Å². The number of aromatic nitrogens is 4. The van der Waals surface area contributed by atoms with Crippen molar-refractivity contribution < 1.29 is 57.3 Å². The second-order valence-corrected chi connectivity index (χ2v) is 9.43. The van der Waals surface area contributed by atoms with Gasteiger partial charge in [-0.25, -0.2) is 9.78 Å². The van der Waals surface area contributed by atoms with Crippen LogP contribution in [0.1, 0.15) is 49.4 Å². The molecule has 1 N–H and O–H groups in total. The van der Waals surface area contributed by atoms with Crippen LogP contribution >= 0.6 is 0 Å². The van der Waals surface area contributed by atoms with Crippen LogP contribution in [0, 0.1) is 6.92 Å². The van der Waals surface area contributed by atoms with Crippen molar-refractivity contribution in [2.75, 3.05) is 0 Å². The van der Waals surface area contributed by atoms with Crippen LogP contribution in [0.2, 0.25) is 0 Å². The zero-order chi connectivity index (χ0) is 26.5. The van der Waals surface area contributed by atoms with Crippen LogP contribution in [-0.4, -0.2) is 19.7 Å². The number of aromatic amines is 1. The number of nitrogens with one attached hydrogen (secondary N) is 1. The van der Waals surface area contributed by atoms with Crippen LogP contribution in [0.3, 0.4) is 0 Å². The minimum absolute atomic E-state index is 0. The molecule has 0 saturated heterocycles. The second-order valence-electron chi connectivity index (χ2n) is 9.43. The number of aryl methyl sites for hydroxylation is 2. The summed E-state index contributed by atoms with van der Waals surface area (Å²) >= 11 is 0. The zero-order valence-corrected chi connectivity index (χ0v) is 25.7. The standard InChI is InChI=1S/C31H30N4O3.K.H/c1-3-4-14-28-27(30(36)35(21(2)32-28)20-23-10-6-5-7-11-23)19-22-15-17-24(18-16-22)25-12-8-9-13-26(25)29-33-31(37)38-34-29;;/h5-13,15-18H,3-4,14,19-20H2,1-2H3,(H,33,34,37);;/q;+1;-1. The molecule has 0 aliphatic carbocycles. The summed E-state index contributed by atoms with van der Waals surface area (Å²) in [5.74, 6) is 0.542. The Labute approximate surface area is 271 Å². The van der Waals surface area contributed by atoms with E-state index in [0.717, 1.165) is 64.2 Å². The van der Waals surface area contributed by atoms with Gasteiger partial charge in [-0.3, -0.25) is 18.9 Å². The van der Waals surface area contributed by atoms with Crippen molar-refractivity contribution in [3.63, 3.8) is 0 Å². The maximum absolute atomic E-state index is 13.8. The molecule has 5 rings (SSSR count). The largest absolute Gasteiger partial charge is 1.00 e. The van der Waals surface area contributed by atoms with E-state index in [-0.39, 0.29) is 58.4 Å². The molecule has 3 aromatic carbocycles. The van der Waals surface area contributed by atoms with Crippen molar-refractivity contribution in [3.8, 4) is 22.5 Å². The van der Waals surface area contributed by atoms with Gasteiger partial charge in [0.25, 0.3) is 5.56 Å². The number of unbranched alkanes of at least 4 members (excludes halogenated alkanes) is 1. The molecule has 0 radical (unpaired) electrons. The quantitative estimate of drug-likeness (QED) is 0.287. The fraction of sp³-hybridized carbons (Fsp3) is 0.226. The number of H-pyrrole nitrogens is 1. The summed E-state index contributed by atoms with van der Waals surface area (Å²) in [5.41, 5.74) is 6.46. The van der Waals surface area contributed by atoms with Crippen molar-refractivity contribution in [2.45, 2.75) is 46.1 Å². The van der Waals surface area contributed by atoms with E-state index < -0.39 is 5.76 Å². The normalized spacial score (nSPS) is 10.8. The van der Waals surface area contributed by atoms with Gasteiger partial charge in [0.05, 0.1) is 12.2 Å². The van der Waals surface area contributed by atoms with Gasteiger partial charge >= 0.3 is 57.1 Å². The molecule has 0 amide bonds. The van der Waals surface area contributed by atoms with Crippen molar-refractivity contribution in [1.29, 1.82) is 0 Å². The maximum Gasteiger partial charge on any atom is 1.00 e. The van der Waals surface area contributed by atoms with Gasteiger partial charge in [-0.2, -0.15) is 0 Å². The Morgan fingerprint density at radius 1 is 0.897 bits per heavy atom. The molecule has 0 unspecified atom stereocenters. The van der Waals surface area contributed by atoms with E-state index in [1.54, 1.807) is 4.57 Å². The third-order valence-electron chi connectivity index (χ3n) is 6.76. The van der Waals surface area contributed by atoms with Crippen molar-refractivity contribution in [2.24, 2.45) is 0 Å². The monoisotopic (exact) mass is 546 g/mol. The first kappa shape index (κ1) is 29.1. The number of nitrogens with zero attached hydrogens (tertiary/aromatic N) is 3. The molecule has 7 nitrogen and oxygen atoms in total. The van der Waals surface area contributed by atoms with Gasteiger partial charge in [-0.1, -0.05) is 97.4 Å². The molecular formula is C31H31KN4O3. The topological polar surface area (TPSA) is 93.8 Å². The maximum atomic E-state index is 13.8. The van der Waals surface area contributed by atoms with Gasteiger partial charge in [-0.15, -0.1) is 0 Å². The summed E-state index contributed by atoms with van der Waals surface area (Å²) < 4.78 is 6.48. The zero-order valence-electron chi connectivity index (χ0n) is 23.6. The predicted octanol–water partition coefficient (Wildman–Crippen LogP) is 2.66. The molecule has 0 aliphatic rings. The Morgan fingerprint density at radius 2 is 1.59 bits per heavy atom. The fourth-order valence-electron chi connectivity index (χ4n) is 4.73. The Bertz CT molecular complexity index is 1660. The number of benzene rings is 3. The first-order chi connectivity index (χ1) is 18.5. The van der Waals surface area contributed by atoms with E-state index in [1.807, 2.05) is 85.8 Å². The van der Waals surface area contributed by atoms with E-state index in [0.29, 0.717) is 18.8 Å². The molecule has 0 atom stereocenters. The SMILES string of the molecule is CCCCc1nc(C)n(Cc2ccccc2)c(=O)c1Cc1ccc(-c2ccccc2-c2noc(=O)[nH]2)cc1.[H-].[K+]. The minimum atomic E-state index is -0.589. The molecule has 0 fully saturated rings. The molecule has 194 valence electrons. The molecular weight excluding hydrogens is 515 g/mol. The van der Waals surface area contributed by atoms with Gasteiger partial charge < -0.3 is 1.43 Å². The molecule has 5 aromatic rings. The van der Waals surface area contributed by atoms with Crippen molar-refractivity contribution >= 4 is 0 Å². The molecule has 0 saturated carbocycles. The number of rotatable bonds is 9. The van der Waals surface area contributed by atoms with Gasteiger partial charge in [0.2, 0.25) is 0 Å². The molecule has 0 aliphatic heterocycles. The van der Waals surface area contributed by atoms with Gasteiger partial charge in [0.15, 0.2) is 5.82 Å². The van der Waals surface area contributed by atoms with Crippen LogP contribution in [0.4, 0.5) is 0 Å². The van der Waals surface area contributed by atoms with Crippen LogP contribution in [-0.2, 0) is 19.4 Å². The predicted molar refractivity (Wildman–Crippen MR) is 149 cm³/mol. The number of hydrogen-bond acceptors (Lipinski definition) is 5. The second kappa shape index (κ2) is 13.5. The average Bonchev–Trinajstić information content (AvgIpc) is 3.38. The summed E-state index contributed by atoms with van der Waals surface area (Å²) in [6.07, 6.45) is 3.33. The third kappa shape index (κ3) is 6.83. The van der Waals surface area contributed by atoms with Crippen LogP contribution in [0.5, 0.6) is 0 Å². The van der Waals surface area contributed by atoms with Crippen molar-refractivity contribution in [3.05, 3.63) is 128 Å². The fourth-order valence-corrected chi connectivity index (χ4v) is 4.73. The Balaban J connectivity index is 0.00000220. The van der Waals surface area contributed by atoms with Crippen LogP contribution in [0.25, 0.3) is 22.5 Å². The Hall–Kier alpha value is -2.88. The average molecular weight is 547 g/mol. The molecule has 8 heteroatoms. The molecule has 2 aromatic heterocycles. The summed E-state index contributed by atoms with van der Waals surface area (Å²) in [5, 5.41) is 3.85. The smallest absolute Gasteiger partial charge is 1.00 e. The summed E-state index contributed by atoms with van der Waals surface area (Å²) in [6.45, 7) is 4.56. The Kier molecular flexibility index (Phi) is 10.0. The van der Waals surface area contributed by atoms with Gasteiger partial charge in [0.1, 0.15) is 5.82 Å². The first-order valence-electron chi connectivity index (χ1n) is 12.9. The molecule has 0 spiro atoms. The number of hydrogen-bond donors (Lipinski definition) is 1.